The normalized spacial score (nSPS) is 11.3. The van der Waals surface area contributed by atoms with Gasteiger partial charge in [-0.2, -0.15) is 0 Å². The van der Waals surface area contributed by atoms with Crippen molar-refractivity contribution in [1.82, 2.24) is 9.62 Å². The van der Waals surface area contributed by atoms with Gasteiger partial charge in [0.1, 0.15) is 5.82 Å². The van der Waals surface area contributed by atoms with Crippen molar-refractivity contribution in [2.24, 2.45) is 5.73 Å². The molecule has 1 amide bonds. The van der Waals surface area contributed by atoms with Crippen molar-refractivity contribution >= 4 is 15.9 Å². The van der Waals surface area contributed by atoms with Gasteiger partial charge < -0.3 is 10.6 Å². The molecule has 0 aliphatic rings. The molecule has 0 heterocycles. The molecule has 2 aromatic rings. The quantitative estimate of drug-likeness (QED) is 0.683. The van der Waals surface area contributed by atoms with Crippen LogP contribution in [-0.4, -0.2) is 45.4 Å². The molecule has 0 saturated carbocycles. The van der Waals surface area contributed by atoms with Gasteiger partial charge in [0, 0.05) is 19.6 Å². The smallest absolute Gasteiger partial charge is 0.241 e. The maximum Gasteiger partial charge on any atom is 0.241 e. The zero-order valence-corrected chi connectivity index (χ0v) is 15.1. The van der Waals surface area contributed by atoms with Crippen molar-refractivity contribution in [3.05, 3.63) is 66.0 Å². The molecular formula is C18H22FN3O3S. The van der Waals surface area contributed by atoms with Crippen LogP contribution >= 0.6 is 0 Å². The summed E-state index contributed by atoms with van der Waals surface area (Å²) in [7, 11) is -3.88. The maximum atomic E-state index is 12.9. The Morgan fingerprint density at radius 3 is 2.31 bits per heavy atom. The standard InChI is InChI=1S/C18H22FN3O3S/c19-16-6-8-17(9-7-16)26(24,25)21-14-18(23)22(13-11-20)12-10-15-4-2-1-3-5-15/h1-9,21H,10-14,20H2. The molecule has 2 aromatic carbocycles. The Morgan fingerprint density at radius 2 is 1.69 bits per heavy atom. The predicted molar refractivity (Wildman–Crippen MR) is 97.4 cm³/mol. The summed E-state index contributed by atoms with van der Waals surface area (Å²) in [5.41, 5.74) is 6.63. The molecule has 0 atom stereocenters. The van der Waals surface area contributed by atoms with E-state index in [2.05, 4.69) is 4.72 Å². The van der Waals surface area contributed by atoms with E-state index in [0.717, 1.165) is 29.8 Å². The summed E-state index contributed by atoms with van der Waals surface area (Å²) in [6.45, 7) is 0.683. The van der Waals surface area contributed by atoms with E-state index in [-0.39, 0.29) is 23.9 Å². The van der Waals surface area contributed by atoms with E-state index in [1.165, 1.54) is 4.90 Å². The zero-order chi connectivity index (χ0) is 19.0. The second kappa shape index (κ2) is 9.42. The molecule has 6 nitrogen and oxygen atoms in total. The van der Waals surface area contributed by atoms with Crippen LogP contribution in [-0.2, 0) is 21.2 Å². The van der Waals surface area contributed by atoms with Gasteiger partial charge in [-0.1, -0.05) is 30.3 Å². The Labute approximate surface area is 152 Å². The summed E-state index contributed by atoms with van der Waals surface area (Å²) in [6.07, 6.45) is 0.650. The summed E-state index contributed by atoms with van der Waals surface area (Å²) in [6, 6.07) is 14.1. The van der Waals surface area contributed by atoms with Crippen molar-refractivity contribution in [2.45, 2.75) is 11.3 Å². The van der Waals surface area contributed by atoms with E-state index in [1.807, 2.05) is 30.3 Å². The molecule has 8 heteroatoms. The molecule has 26 heavy (non-hydrogen) atoms. The Bertz CT molecular complexity index is 811. The Morgan fingerprint density at radius 1 is 1.04 bits per heavy atom. The molecule has 0 saturated heterocycles. The second-order valence-electron chi connectivity index (χ2n) is 5.68. The fraction of sp³-hybridized carbons (Fsp3) is 0.278. The van der Waals surface area contributed by atoms with Crippen molar-refractivity contribution < 1.29 is 17.6 Å². The third kappa shape index (κ3) is 5.91. The lowest BCUT2D eigenvalue weighted by Crippen LogP contribution is -2.43. The van der Waals surface area contributed by atoms with Crippen LogP contribution in [0.1, 0.15) is 5.56 Å². The number of hydrogen-bond acceptors (Lipinski definition) is 4. The molecular weight excluding hydrogens is 357 g/mol. The predicted octanol–water partition coefficient (Wildman–Crippen LogP) is 1.13. The van der Waals surface area contributed by atoms with Gasteiger partial charge in [-0.25, -0.2) is 17.5 Å². The second-order valence-corrected chi connectivity index (χ2v) is 7.45. The average molecular weight is 379 g/mol. The molecule has 0 aliphatic heterocycles. The summed E-state index contributed by atoms with van der Waals surface area (Å²) < 4.78 is 39.5. The first-order valence-electron chi connectivity index (χ1n) is 8.19. The van der Waals surface area contributed by atoms with Gasteiger partial charge >= 0.3 is 0 Å². The van der Waals surface area contributed by atoms with Crippen LogP contribution in [0.15, 0.2) is 59.5 Å². The van der Waals surface area contributed by atoms with Crippen molar-refractivity contribution in [1.29, 1.82) is 0 Å². The summed E-state index contributed by atoms with van der Waals surface area (Å²) in [5.74, 6) is -0.896. The third-order valence-corrected chi connectivity index (χ3v) is 5.22. The molecule has 0 aliphatic carbocycles. The molecule has 0 radical (unpaired) electrons. The number of nitrogens with two attached hydrogens (primary N) is 1. The Kier molecular flexibility index (Phi) is 7.26. The number of carbonyl (C=O) groups excluding carboxylic acids is 1. The molecule has 3 N–H and O–H groups in total. The lowest BCUT2D eigenvalue weighted by Gasteiger charge is -2.22. The van der Waals surface area contributed by atoms with Gasteiger partial charge in [0.25, 0.3) is 0 Å². The Balaban J connectivity index is 1.95. The van der Waals surface area contributed by atoms with Gasteiger partial charge in [-0.05, 0) is 36.2 Å². The van der Waals surface area contributed by atoms with Crippen LogP contribution in [0.5, 0.6) is 0 Å². The Hall–Kier alpha value is -2.29. The first-order valence-corrected chi connectivity index (χ1v) is 9.67. The number of sulfonamides is 1. The zero-order valence-electron chi connectivity index (χ0n) is 14.3. The molecule has 2 rings (SSSR count). The van der Waals surface area contributed by atoms with E-state index in [0.29, 0.717) is 19.5 Å². The highest BCUT2D eigenvalue weighted by Crippen LogP contribution is 2.09. The van der Waals surface area contributed by atoms with E-state index in [9.17, 15) is 17.6 Å². The summed E-state index contributed by atoms with van der Waals surface area (Å²) in [4.78, 5) is 13.8. The minimum atomic E-state index is -3.88. The number of halogens is 1. The number of nitrogens with zero attached hydrogens (tertiary/aromatic N) is 1. The lowest BCUT2D eigenvalue weighted by atomic mass is 10.1. The topological polar surface area (TPSA) is 92.5 Å². The van der Waals surface area contributed by atoms with Crippen LogP contribution in [0.2, 0.25) is 0 Å². The minimum Gasteiger partial charge on any atom is -0.340 e. The van der Waals surface area contributed by atoms with Gasteiger partial charge in [0.05, 0.1) is 11.4 Å². The monoisotopic (exact) mass is 379 g/mol. The van der Waals surface area contributed by atoms with Crippen molar-refractivity contribution in [2.75, 3.05) is 26.2 Å². The van der Waals surface area contributed by atoms with Crippen LogP contribution < -0.4 is 10.5 Å². The van der Waals surface area contributed by atoms with Gasteiger partial charge in [0.2, 0.25) is 15.9 Å². The number of nitrogens with one attached hydrogen (secondary N) is 1. The summed E-state index contributed by atoms with van der Waals surface area (Å²) >= 11 is 0. The highest BCUT2D eigenvalue weighted by molar-refractivity contribution is 7.89. The largest absolute Gasteiger partial charge is 0.340 e. The van der Waals surface area contributed by atoms with E-state index in [1.54, 1.807) is 0 Å². The first kappa shape index (κ1) is 20.0. The number of amides is 1. The SMILES string of the molecule is NCCN(CCc1ccccc1)C(=O)CNS(=O)(=O)c1ccc(F)cc1. The summed E-state index contributed by atoms with van der Waals surface area (Å²) in [5, 5.41) is 0. The van der Waals surface area contributed by atoms with Gasteiger partial charge in [-0.15, -0.1) is 0 Å². The molecule has 0 aromatic heterocycles. The number of carbonyl (C=O) groups is 1. The minimum absolute atomic E-state index is 0.0960. The van der Waals surface area contributed by atoms with E-state index in [4.69, 9.17) is 5.73 Å². The highest BCUT2D eigenvalue weighted by atomic mass is 32.2. The first-order chi connectivity index (χ1) is 12.4. The molecule has 0 spiro atoms. The van der Waals surface area contributed by atoms with E-state index < -0.39 is 15.8 Å². The lowest BCUT2D eigenvalue weighted by molar-refractivity contribution is -0.129. The van der Waals surface area contributed by atoms with Gasteiger partial charge in [0.15, 0.2) is 0 Å². The molecule has 140 valence electrons. The molecule has 0 unspecified atom stereocenters. The van der Waals surface area contributed by atoms with Crippen LogP contribution in [0, 0.1) is 5.82 Å². The number of benzene rings is 2. The van der Waals surface area contributed by atoms with Gasteiger partial charge in [-0.3, -0.25) is 4.79 Å². The fourth-order valence-electron chi connectivity index (χ4n) is 2.39. The van der Waals surface area contributed by atoms with Crippen LogP contribution in [0.25, 0.3) is 0 Å². The van der Waals surface area contributed by atoms with E-state index >= 15 is 0 Å². The van der Waals surface area contributed by atoms with Crippen LogP contribution in [0.4, 0.5) is 4.39 Å². The van der Waals surface area contributed by atoms with Crippen LogP contribution in [0.3, 0.4) is 0 Å². The van der Waals surface area contributed by atoms with Crippen molar-refractivity contribution in [3.8, 4) is 0 Å². The van der Waals surface area contributed by atoms with Crippen molar-refractivity contribution in [3.63, 3.8) is 0 Å². The highest BCUT2D eigenvalue weighted by Gasteiger charge is 2.18. The average Bonchev–Trinajstić information content (AvgIpc) is 2.64. The molecule has 0 fully saturated rings. The molecule has 0 bridgehead atoms. The number of hydrogen-bond donors (Lipinski definition) is 2. The number of rotatable bonds is 9. The maximum absolute atomic E-state index is 12.9. The third-order valence-electron chi connectivity index (χ3n) is 3.80. The fourth-order valence-corrected chi connectivity index (χ4v) is 3.37.